The first-order valence-corrected chi connectivity index (χ1v) is 10.9. The molecule has 166 valence electrons. The molecule has 3 aromatic rings. The molecule has 2 aliphatic rings. The molecule has 0 aromatic heterocycles. The smallest absolute Gasteiger partial charge is 0.332 e. The Balaban J connectivity index is 1.24. The van der Waals surface area contributed by atoms with Gasteiger partial charge in [-0.2, -0.15) is 0 Å². The molecule has 0 bridgehead atoms. The molecule has 0 saturated carbocycles. The van der Waals surface area contributed by atoms with Gasteiger partial charge in [0.25, 0.3) is 11.8 Å². The SMILES string of the molecule is O=C(NCCc1ccc(F)cc1)c1ccc(N2C(=O)[C@@H]3Cc4ccccc4CN3C2=O)cc1. The van der Waals surface area contributed by atoms with E-state index in [1.807, 2.05) is 24.3 Å². The van der Waals surface area contributed by atoms with E-state index >= 15 is 0 Å². The van der Waals surface area contributed by atoms with Gasteiger partial charge in [0, 0.05) is 25.1 Å². The minimum atomic E-state index is -0.498. The third-order valence-electron chi connectivity index (χ3n) is 6.19. The van der Waals surface area contributed by atoms with Crippen molar-refractivity contribution in [1.82, 2.24) is 10.2 Å². The number of halogens is 1. The summed E-state index contributed by atoms with van der Waals surface area (Å²) < 4.78 is 13.0. The number of carbonyl (C=O) groups excluding carboxylic acids is 3. The molecule has 0 aliphatic carbocycles. The Morgan fingerprint density at radius 2 is 1.64 bits per heavy atom. The third-order valence-corrected chi connectivity index (χ3v) is 6.19. The molecular formula is C26H22FN3O3. The predicted octanol–water partition coefficient (Wildman–Crippen LogP) is 3.69. The number of imide groups is 1. The maximum Gasteiger partial charge on any atom is 0.332 e. The van der Waals surface area contributed by atoms with Crippen molar-refractivity contribution >= 4 is 23.5 Å². The van der Waals surface area contributed by atoms with Crippen LogP contribution in [0.3, 0.4) is 0 Å². The van der Waals surface area contributed by atoms with Crippen LogP contribution in [0.4, 0.5) is 14.9 Å². The van der Waals surface area contributed by atoms with E-state index in [1.54, 1.807) is 41.3 Å². The van der Waals surface area contributed by atoms with Crippen molar-refractivity contribution in [1.29, 1.82) is 0 Å². The van der Waals surface area contributed by atoms with Crippen LogP contribution in [-0.2, 0) is 24.2 Å². The Morgan fingerprint density at radius 3 is 2.36 bits per heavy atom. The summed E-state index contributed by atoms with van der Waals surface area (Å²) in [5.74, 6) is -0.792. The number of fused-ring (bicyclic) bond motifs is 2. The van der Waals surface area contributed by atoms with Crippen molar-refractivity contribution in [3.8, 4) is 0 Å². The highest BCUT2D eigenvalue weighted by Gasteiger charge is 2.47. The number of urea groups is 1. The second-order valence-electron chi connectivity index (χ2n) is 8.25. The number of amides is 4. The minimum absolute atomic E-state index is 0.244. The highest BCUT2D eigenvalue weighted by Crippen LogP contribution is 2.32. The Bertz CT molecular complexity index is 1180. The normalized spacial score (nSPS) is 17.1. The van der Waals surface area contributed by atoms with Gasteiger partial charge in [-0.25, -0.2) is 14.1 Å². The summed E-state index contributed by atoms with van der Waals surface area (Å²) in [5, 5.41) is 2.83. The van der Waals surface area contributed by atoms with Crippen molar-refractivity contribution < 1.29 is 18.8 Å². The van der Waals surface area contributed by atoms with E-state index in [0.717, 1.165) is 16.7 Å². The number of carbonyl (C=O) groups is 3. The zero-order valence-electron chi connectivity index (χ0n) is 17.8. The lowest BCUT2D eigenvalue weighted by molar-refractivity contribution is -0.120. The van der Waals surface area contributed by atoms with Crippen LogP contribution in [0.2, 0.25) is 0 Å². The molecule has 2 heterocycles. The predicted molar refractivity (Wildman–Crippen MR) is 121 cm³/mol. The van der Waals surface area contributed by atoms with Gasteiger partial charge in [-0.1, -0.05) is 36.4 Å². The first kappa shape index (κ1) is 20.9. The summed E-state index contributed by atoms with van der Waals surface area (Å²) in [7, 11) is 0. The molecule has 6 nitrogen and oxygen atoms in total. The van der Waals surface area contributed by atoms with Gasteiger partial charge in [0.15, 0.2) is 0 Å². The number of rotatable bonds is 5. The van der Waals surface area contributed by atoms with Crippen LogP contribution in [0.15, 0.2) is 72.8 Å². The molecule has 7 heteroatoms. The number of hydrogen-bond donors (Lipinski definition) is 1. The van der Waals surface area contributed by atoms with Gasteiger partial charge in [-0.15, -0.1) is 0 Å². The average molecular weight is 443 g/mol. The quantitative estimate of drug-likeness (QED) is 0.612. The standard InChI is InChI=1S/C26H22FN3O3/c27-21-9-5-17(6-10-21)13-14-28-24(31)18-7-11-22(12-8-18)30-25(32)23-15-19-3-1-2-4-20(19)16-29(23)26(30)33/h1-12,23H,13-16H2,(H,28,31)/t23-/m0/s1. The molecule has 1 atom stereocenters. The molecule has 1 fully saturated rings. The van der Waals surface area contributed by atoms with E-state index in [-0.39, 0.29) is 23.7 Å². The zero-order chi connectivity index (χ0) is 22.9. The van der Waals surface area contributed by atoms with Crippen LogP contribution in [0.25, 0.3) is 0 Å². The van der Waals surface area contributed by atoms with Gasteiger partial charge in [-0.3, -0.25) is 9.59 Å². The minimum Gasteiger partial charge on any atom is -0.352 e. The number of benzene rings is 3. The number of hydrogen-bond acceptors (Lipinski definition) is 3. The van der Waals surface area contributed by atoms with E-state index in [9.17, 15) is 18.8 Å². The summed E-state index contributed by atoms with van der Waals surface area (Å²) in [4.78, 5) is 41.3. The van der Waals surface area contributed by atoms with Crippen LogP contribution in [-0.4, -0.2) is 35.3 Å². The summed E-state index contributed by atoms with van der Waals surface area (Å²) in [6.07, 6.45) is 1.09. The lowest BCUT2D eigenvalue weighted by Crippen LogP contribution is -2.39. The molecule has 1 saturated heterocycles. The molecule has 4 amide bonds. The number of anilines is 1. The summed E-state index contributed by atoms with van der Waals surface area (Å²) >= 11 is 0. The van der Waals surface area contributed by atoms with Crippen LogP contribution in [0.5, 0.6) is 0 Å². The fourth-order valence-corrected chi connectivity index (χ4v) is 4.39. The van der Waals surface area contributed by atoms with E-state index in [4.69, 9.17) is 0 Å². The van der Waals surface area contributed by atoms with Crippen molar-refractivity contribution in [3.63, 3.8) is 0 Å². The lowest BCUT2D eigenvalue weighted by atomic mass is 9.95. The van der Waals surface area contributed by atoms with Crippen LogP contribution in [0.1, 0.15) is 27.0 Å². The third kappa shape index (κ3) is 3.98. The summed E-state index contributed by atoms with van der Waals surface area (Å²) in [6.45, 7) is 0.822. The number of nitrogens with zero attached hydrogens (tertiary/aromatic N) is 2. The van der Waals surface area contributed by atoms with Crippen molar-refractivity contribution in [3.05, 3.63) is 101 Å². The van der Waals surface area contributed by atoms with Crippen molar-refractivity contribution in [2.75, 3.05) is 11.4 Å². The second-order valence-corrected chi connectivity index (χ2v) is 8.25. The van der Waals surface area contributed by atoms with E-state index in [0.29, 0.717) is 37.2 Å². The van der Waals surface area contributed by atoms with E-state index in [1.165, 1.54) is 17.0 Å². The second kappa shape index (κ2) is 8.50. The summed E-state index contributed by atoms with van der Waals surface area (Å²) in [6, 6.07) is 19.6. The average Bonchev–Trinajstić information content (AvgIpc) is 3.08. The van der Waals surface area contributed by atoms with Gasteiger partial charge >= 0.3 is 6.03 Å². The van der Waals surface area contributed by atoms with Gasteiger partial charge in [-0.05, 0) is 59.5 Å². The first-order chi connectivity index (χ1) is 16.0. The Labute approximate surface area is 190 Å². The molecule has 0 spiro atoms. The molecule has 2 aliphatic heterocycles. The topological polar surface area (TPSA) is 69.7 Å². The van der Waals surface area contributed by atoms with Crippen LogP contribution < -0.4 is 10.2 Å². The van der Waals surface area contributed by atoms with Gasteiger partial charge < -0.3 is 10.2 Å². The molecular weight excluding hydrogens is 421 g/mol. The van der Waals surface area contributed by atoms with Gasteiger partial charge in [0.1, 0.15) is 11.9 Å². The van der Waals surface area contributed by atoms with E-state index < -0.39 is 6.04 Å². The maximum absolute atomic E-state index is 13.0. The molecule has 5 rings (SSSR count). The van der Waals surface area contributed by atoms with E-state index in [2.05, 4.69) is 5.32 Å². The van der Waals surface area contributed by atoms with Gasteiger partial charge in [0.05, 0.1) is 5.69 Å². The molecule has 3 aromatic carbocycles. The van der Waals surface area contributed by atoms with Crippen molar-refractivity contribution in [2.24, 2.45) is 0 Å². The fraction of sp³-hybridized carbons (Fsp3) is 0.192. The lowest BCUT2D eigenvalue weighted by Gasteiger charge is -2.28. The molecule has 33 heavy (non-hydrogen) atoms. The Morgan fingerprint density at radius 1 is 0.939 bits per heavy atom. The highest BCUT2D eigenvalue weighted by molar-refractivity contribution is 6.21. The first-order valence-electron chi connectivity index (χ1n) is 10.9. The molecule has 0 unspecified atom stereocenters. The monoisotopic (exact) mass is 443 g/mol. The van der Waals surface area contributed by atoms with Crippen LogP contribution in [0, 0.1) is 5.82 Å². The summed E-state index contributed by atoms with van der Waals surface area (Å²) in [5.41, 5.74) is 3.96. The van der Waals surface area contributed by atoms with Crippen LogP contribution >= 0.6 is 0 Å². The molecule has 1 N–H and O–H groups in total. The number of nitrogens with one attached hydrogen (secondary N) is 1. The largest absolute Gasteiger partial charge is 0.352 e. The Kier molecular flexibility index (Phi) is 5.38. The fourth-order valence-electron chi connectivity index (χ4n) is 4.39. The zero-order valence-corrected chi connectivity index (χ0v) is 17.8. The Hall–Kier alpha value is -4.00. The highest BCUT2D eigenvalue weighted by atomic mass is 19.1. The van der Waals surface area contributed by atoms with Crippen molar-refractivity contribution in [2.45, 2.75) is 25.4 Å². The molecule has 0 radical (unpaired) electrons. The van der Waals surface area contributed by atoms with Gasteiger partial charge in [0.2, 0.25) is 0 Å². The maximum atomic E-state index is 13.0.